The smallest absolute Gasteiger partial charge is 0.0544 e. The van der Waals surface area contributed by atoms with Gasteiger partial charge in [-0.15, -0.1) is 0 Å². The molecule has 112 valence electrons. The highest BCUT2D eigenvalue weighted by Crippen LogP contribution is 2.19. The Morgan fingerprint density at radius 1 is 1.40 bits per heavy atom. The van der Waals surface area contributed by atoms with Crippen molar-refractivity contribution < 1.29 is 0 Å². The molecule has 20 heavy (non-hydrogen) atoms. The summed E-state index contributed by atoms with van der Waals surface area (Å²) in [4.78, 5) is 7.12. The van der Waals surface area contributed by atoms with Crippen molar-refractivity contribution in [2.45, 2.75) is 51.6 Å². The average molecular weight is 293 g/mol. The molecule has 0 bridgehead atoms. The Morgan fingerprint density at radius 2 is 2.20 bits per heavy atom. The molecule has 1 aliphatic rings. The van der Waals surface area contributed by atoms with Gasteiger partial charge in [0.15, 0.2) is 0 Å². The molecule has 1 aromatic heterocycles. The zero-order valence-electron chi connectivity index (χ0n) is 13.1. The maximum absolute atomic E-state index is 4.61. The molecule has 2 rings (SSSR count). The summed E-state index contributed by atoms with van der Waals surface area (Å²) in [7, 11) is 0. The van der Waals surface area contributed by atoms with Crippen molar-refractivity contribution in [1.82, 2.24) is 15.2 Å². The van der Waals surface area contributed by atoms with Crippen molar-refractivity contribution in [2.24, 2.45) is 0 Å². The van der Waals surface area contributed by atoms with Gasteiger partial charge in [0.05, 0.1) is 5.69 Å². The van der Waals surface area contributed by atoms with Crippen LogP contribution in [0.1, 0.15) is 39.0 Å². The second kappa shape index (κ2) is 6.92. The average Bonchev–Trinajstić information content (AvgIpc) is 2.37. The molecule has 3 nitrogen and oxygen atoms in total. The number of aromatic nitrogens is 1. The second-order valence-corrected chi connectivity index (χ2v) is 8.22. The van der Waals surface area contributed by atoms with Crippen LogP contribution in [0.3, 0.4) is 0 Å². The van der Waals surface area contributed by atoms with Crippen molar-refractivity contribution in [3.05, 3.63) is 29.6 Å². The maximum Gasteiger partial charge on any atom is 0.0544 e. The summed E-state index contributed by atoms with van der Waals surface area (Å²) in [6, 6.07) is 4.37. The fourth-order valence-corrected chi connectivity index (χ4v) is 3.37. The summed E-state index contributed by atoms with van der Waals surface area (Å²) < 4.78 is 0. The SMILES string of the molecule is CC1CN(Cc2ccc(CNC(C)(C)C)cn2)CCS1. The zero-order valence-corrected chi connectivity index (χ0v) is 14.0. The molecule has 0 aliphatic carbocycles. The molecule has 1 aromatic rings. The molecule has 2 heterocycles. The minimum atomic E-state index is 0.153. The van der Waals surface area contributed by atoms with Crippen LogP contribution < -0.4 is 5.32 Å². The molecule has 1 atom stereocenters. The third kappa shape index (κ3) is 5.43. The number of thioether (sulfide) groups is 1. The van der Waals surface area contributed by atoms with E-state index in [2.05, 4.69) is 66.8 Å². The van der Waals surface area contributed by atoms with E-state index in [4.69, 9.17) is 0 Å². The van der Waals surface area contributed by atoms with E-state index in [1.807, 2.05) is 6.20 Å². The van der Waals surface area contributed by atoms with E-state index in [-0.39, 0.29) is 5.54 Å². The third-order valence-corrected chi connectivity index (χ3v) is 4.56. The van der Waals surface area contributed by atoms with E-state index < -0.39 is 0 Å². The van der Waals surface area contributed by atoms with Gasteiger partial charge in [0.2, 0.25) is 0 Å². The van der Waals surface area contributed by atoms with Crippen molar-refractivity contribution in [2.75, 3.05) is 18.8 Å². The largest absolute Gasteiger partial charge is 0.308 e. The molecule has 0 radical (unpaired) electrons. The topological polar surface area (TPSA) is 28.2 Å². The molecule has 0 amide bonds. The zero-order chi connectivity index (χ0) is 14.6. The summed E-state index contributed by atoms with van der Waals surface area (Å²) in [6.45, 7) is 13.1. The van der Waals surface area contributed by atoms with E-state index >= 15 is 0 Å². The molecule has 0 saturated carbocycles. The Labute approximate surface area is 127 Å². The van der Waals surface area contributed by atoms with Crippen LogP contribution >= 0.6 is 11.8 Å². The fourth-order valence-electron chi connectivity index (χ4n) is 2.28. The molecule has 1 fully saturated rings. The van der Waals surface area contributed by atoms with Gasteiger partial charge in [0.25, 0.3) is 0 Å². The quantitative estimate of drug-likeness (QED) is 0.924. The van der Waals surface area contributed by atoms with E-state index in [0.29, 0.717) is 0 Å². The summed E-state index contributed by atoms with van der Waals surface area (Å²) >= 11 is 2.07. The Morgan fingerprint density at radius 3 is 2.80 bits per heavy atom. The second-order valence-electron chi connectivity index (χ2n) is 6.68. The van der Waals surface area contributed by atoms with Crippen molar-refractivity contribution in [3.63, 3.8) is 0 Å². The lowest BCUT2D eigenvalue weighted by Crippen LogP contribution is -2.36. The minimum absolute atomic E-state index is 0.153. The van der Waals surface area contributed by atoms with Crippen LogP contribution in [-0.2, 0) is 13.1 Å². The highest BCUT2D eigenvalue weighted by Gasteiger charge is 2.17. The van der Waals surface area contributed by atoms with Crippen LogP contribution in [0.2, 0.25) is 0 Å². The Balaban J connectivity index is 1.85. The Hall–Kier alpha value is -0.580. The first-order chi connectivity index (χ1) is 9.42. The highest BCUT2D eigenvalue weighted by molar-refractivity contribution is 7.99. The molecular formula is C16H27N3S. The van der Waals surface area contributed by atoms with Gasteiger partial charge >= 0.3 is 0 Å². The van der Waals surface area contributed by atoms with Crippen LogP contribution in [0.5, 0.6) is 0 Å². The van der Waals surface area contributed by atoms with Crippen LogP contribution in [0.25, 0.3) is 0 Å². The summed E-state index contributed by atoms with van der Waals surface area (Å²) in [5.74, 6) is 1.24. The Bertz CT molecular complexity index is 411. The van der Waals surface area contributed by atoms with Gasteiger partial charge in [0, 0.05) is 48.9 Å². The lowest BCUT2D eigenvalue weighted by atomic mass is 10.1. The summed E-state index contributed by atoms with van der Waals surface area (Å²) in [5.41, 5.74) is 2.59. The molecule has 1 aliphatic heterocycles. The van der Waals surface area contributed by atoms with Crippen LogP contribution in [0.4, 0.5) is 0 Å². The molecule has 1 N–H and O–H groups in total. The van der Waals surface area contributed by atoms with Crippen molar-refractivity contribution >= 4 is 11.8 Å². The normalized spacial score (nSPS) is 21.1. The first kappa shape index (κ1) is 15.8. The number of nitrogens with zero attached hydrogens (tertiary/aromatic N) is 2. The fraction of sp³-hybridized carbons (Fsp3) is 0.688. The molecule has 0 spiro atoms. The highest BCUT2D eigenvalue weighted by atomic mass is 32.2. The van der Waals surface area contributed by atoms with Crippen molar-refractivity contribution in [1.29, 1.82) is 0 Å². The molecule has 1 saturated heterocycles. The standard InChI is InChI=1S/C16H27N3S/c1-13-11-19(7-8-20-13)12-15-6-5-14(9-17-15)10-18-16(2,3)4/h5-6,9,13,18H,7-8,10-12H2,1-4H3. The van der Waals surface area contributed by atoms with E-state index in [9.17, 15) is 0 Å². The molecule has 1 unspecified atom stereocenters. The molecular weight excluding hydrogens is 266 g/mol. The third-order valence-electron chi connectivity index (χ3n) is 3.42. The van der Waals surface area contributed by atoms with Gasteiger partial charge in [-0.3, -0.25) is 9.88 Å². The number of hydrogen-bond acceptors (Lipinski definition) is 4. The van der Waals surface area contributed by atoms with Crippen LogP contribution in [0.15, 0.2) is 18.3 Å². The number of rotatable bonds is 4. The van der Waals surface area contributed by atoms with Crippen molar-refractivity contribution in [3.8, 4) is 0 Å². The lowest BCUT2D eigenvalue weighted by Gasteiger charge is -2.30. The van der Waals surface area contributed by atoms with Crippen LogP contribution in [-0.4, -0.2) is 39.5 Å². The monoisotopic (exact) mass is 293 g/mol. The first-order valence-corrected chi connectivity index (χ1v) is 8.50. The van der Waals surface area contributed by atoms with Gasteiger partial charge < -0.3 is 5.32 Å². The Kier molecular flexibility index (Phi) is 5.47. The number of hydrogen-bond donors (Lipinski definition) is 1. The maximum atomic E-state index is 4.61. The minimum Gasteiger partial charge on any atom is -0.308 e. The van der Waals surface area contributed by atoms with Gasteiger partial charge in [-0.25, -0.2) is 0 Å². The predicted octanol–water partition coefficient (Wildman–Crippen LogP) is 2.91. The molecule has 0 aromatic carbocycles. The van der Waals surface area contributed by atoms with Gasteiger partial charge in [-0.2, -0.15) is 11.8 Å². The number of pyridine rings is 1. The van der Waals surface area contributed by atoms with E-state index in [1.165, 1.54) is 30.1 Å². The number of nitrogens with one attached hydrogen (secondary N) is 1. The van der Waals surface area contributed by atoms with E-state index in [1.54, 1.807) is 0 Å². The van der Waals surface area contributed by atoms with E-state index in [0.717, 1.165) is 18.3 Å². The lowest BCUT2D eigenvalue weighted by molar-refractivity contribution is 0.275. The van der Waals surface area contributed by atoms with Gasteiger partial charge in [-0.05, 0) is 32.4 Å². The van der Waals surface area contributed by atoms with Crippen LogP contribution in [0, 0.1) is 0 Å². The predicted molar refractivity (Wildman–Crippen MR) is 88.0 cm³/mol. The first-order valence-electron chi connectivity index (χ1n) is 7.45. The van der Waals surface area contributed by atoms with Gasteiger partial charge in [0.1, 0.15) is 0 Å². The van der Waals surface area contributed by atoms with Gasteiger partial charge in [-0.1, -0.05) is 13.0 Å². The summed E-state index contributed by atoms with van der Waals surface area (Å²) in [6.07, 6.45) is 2.01. The molecule has 4 heteroatoms. The summed E-state index contributed by atoms with van der Waals surface area (Å²) in [5, 5.41) is 4.24.